The number of carbonyl (C=O) groups is 1. The average Bonchev–Trinajstić information content (AvgIpc) is 2.03. The molecule has 1 amide bonds. The van der Waals surface area contributed by atoms with Crippen molar-refractivity contribution in [1.82, 2.24) is 4.90 Å². The van der Waals surface area contributed by atoms with Crippen molar-refractivity contribution in [2.45, 2.75) is 45.7 Å². The van der Waals surface area contributed by atoms with Crippen molar-refractivity contribution in [2.75, 3.05) is 6.54 Å². The maximum absolute atomic E-state index is 11.6. The highest BCUT2D eigenvalue weighted by atomic mass is 16.2. The van der Waals surface area contributed by atoms with E-state index in [-0.39, 0.29) is 11.9 Å². The molecule has 1 saturated heterocycles. The quantitative estimate of drug-likeness (QED) is 0.695. The molecule has 76 valence electrons. The molecular weight excluding hydrogens is 164 g/mol. The molecule has 0 saturated carbocycles. The summed E-state index contributed by atoms with van der Waals surface area (Å²) in [7, 11) is 0. The summed E-state index contributed by atoms with van der Waals surface area (Å²) >= 11 is 0. The van der Waals surface area contributed by atoms with Crippen molar-refractivity contribution in [3.8, 4) is 0 Å². The molecule has 2 N–H and O–H groups in total. The molecule has 0 aromatic carbocycles. The van der Waals surface area contributed by atoms with E-state index in [1.54, 1.807) is 0 Å². The van der Waals surface area contributed by atoms with Gasteiger partial charge in [-0.2, -0.15) is 0 Å². The molecule has 1 fully saturated rings. The van der Waals surface area contributed by atoms with Crippen LogP contribution in [0.1, 0.15) is 33.6 Å². The molecule has 3 heteroatoms. The van der Waals surface area contributed by atoms with Gasteiger partial charge in [0.05, 0.1) is 0 Å². The van der Waals surface area contributed by atoms with Crippen LogP contribution < -0.4 is 5.73 Å². The van der Waals surface area contributed by atoms with Gasteiger partial charge in [-0.15, -0.1) is 0 Å². The van der Waals surface area contributed by atoms with Crippen LogP contribution in [0, 0.1) is 5.92 Å². The lowest BCUT2D eigenvalue weighted by Crippen LogP contribution is -2.46. The molecular formula is C10H20N2O. The Balaban J connectivity index is 2.52. The van der Waals surface area contributed by atoms with Gasteiger partial charge >= 0.3 is 0 Å². The minimum absolute atomic E-state index is 0.151. The molecule has 2 unspecified atom stereocenters. The summed E-state index contributed by atoms with van der Waals surface area (Å²) in [5, 5.41) is 0. The summed E-state index contributed by atoms with van der Waals surface area (Å²) in [5.74, 6) is 0.658. The second-order valence-corrected chi connectivity index (χ2v) is 4.29. The fraction of sp³-hybridized carbons (Fsp3) is 0.900. The summed E-state index contributed by atoms with van der Waals surface area (Å²) in [4.78, 5) is 13.6. The predicted molar refractivity (Wildman–Crippen MR) is 53.2 cm³/mol. The minimum atomic E-state index is 0.151. The third kappa shape index (κ3) is 2.44. The van der Waals surface area contributed by atoms with E-state index in [9.17, 15) is 4.79 Å². The maximum Gasteiger partial charge on any atom is 0.223 e. The van der Waals surface area contributed by atoms with Crippen molar-refractivity contribution in [2.24, 2.45) is 11.7 Å². The molecule has 3 nitrogen and oxygen atoms in total. The highest BCUT2D eigenvalue weighted by Gasteiger charge is 2.28. The predicted octanol–water partition coefficient (Wildman–Crippen LogP) is 0.981. The van der Waals surface area contributed by atoms with E-state index in [4.69, 9.17) is 5.73 Å². The minimum Gasteiger partial charge on any atom is -0.340 e. The van der Waals surface area contributed by atoms with Crippen LogP contribution in [0.15, 0.2) is 0 Å². The molecule has 0 aromatic heterocycles. The van der Waals surface area contributed by atoms with Gasteiger partial charge in [0.15, 0.2) is 0 Å². The van der Waals surface area contributed by atoms with Gasteiger partial charge < -0.3 is 10.6 Å². The molecule has 0 aliphatic carbocycles. The van der Waals surface area contributed by atoms with Crippen LogP contribution in [0.4, 0.5) is 0 Å². The van der Waals surface area contributed by atoms with E-state index in [1.807, 2.05) is 11.8 Å². The van der Waals surface area contributed by atoms with Crippen LogP contribution in [0.2, 0.25) is 0 Å². The smallest absolute Gasteiger partial charge is 0.223 e. The Bertz CT molecular complexity index is 189. The van der Waals surface area contributed by atoms with Gasteiger partial charge in [-0.25, -0.2) is 0 Å². The van der Waals surface area contributed by atoms with Crippen molar-refractivity contribution >= 4 is 5.91 Å². The zero-order valence-corrected chi connectivity index (χ0v) is 8.79. The Morgan fingerprint density at radius 1 is 1.46 bits per heavy atom. The summed E-state index contributed by atoms with van der Waals surface area (Å²) in [6.07, 6.45) is 1.69. The number of hydrogen-bond acceptors (Lipinski definition) is 2. The number of likely N-dealkylation sites (tertiary alicyclic amines) is 1. The third-order valence-electron chi connectivity index (χ3n) is 2.86. The van der Waals surface area contributed by atoms with Gasteiger partial charge in [-0.05, 0) is 33.1 Å². The number of nitrogens with zero attached hydrogens (tertiary/aromatic N) is 1. The van der Waals surface area contributed by atoms with Crippen LogP contribution in [0.25, 0.3) is 0 Å². The largest absolute Gasteiger partial charge is 0.340 e. The van der Waals surface area contributed by atoms with E-state index >= 15 is 0 Å². The molecule has 0 bridgehead atoms. The van der Waals surface area contributed by atoms with Crippen molar-refractivity contribution in [3.63, 3.8) is 0 Å². The Kier molecular flexibility index (Phi) is 3.31. The summed E-state index contributed by atoms with van der Waals surface area (Å²) in [6, 6.07) is 0.486. The maximum atomic E-state index is 11.6. The number of nitrogens with two attached hydrogens (primary N) is 1. The lowest BCUT2D eigenvalue weighted by molar-refractivity contribution is -0.137. The lowest BCUT2D eigenvalue weighted by atomic mass is 9.90. The molecule has 13 heavy (non-hydrogen) atoms. The lowest BCUT2D eigenvalue weighted by Gasteiger charge is -2.35. The number of piperidine rings is 1. The zero-order valence-electron chi connectivity index (χ0n) is 8.79. The van der Waals surface area contributed by atoms with E-state index in [1.165, 1.54) is 0 Å². The van der Waals surface area contributed by atoms with Gasteiger partial charge in [-0.1, -0.05) is 0 Å². The highest BCUT2D eigenvalue weighted by molar-refractivity contribution is 5.77. The Hall–Kier alpha value is -0.570. The molecule has 1 aliphatic rings. The van der Waals surface area contributed by atoms with Crippen LogP contribution in [-0.2, 0) is 4.79 Å². The van der Waals surface area contributed by atoms with E-state index in [0.29, 0.717) is 18.4 Å². The molecule has 0 aromatic rings. The monoisotopic (exact) mass is 184 g/mol. The highest BCUT2D eigenvalue weighted by Crippen LogP contribution is 2.21. The molecule has 2 atom stereocenters. The number of hydrogen-bond donors (Lipinski definition) is 1. The topological polar surface area (TPSA) is 46.3 Å². The molecule has 1 heterocycles. The van der Waals surface area contributed by atoms with Crippen molar-refractivity contribution in [3.05, 3.63) is 0 Å². The summed E-state index contributed by atoms with van der Waals surface area (Å²) in [5.41, 5.74) is 5.78. The normalized spacial score (nSPS) is 26.7. The molecule has 0 spiro atoms. The first-order chi connectivity index (χ1) is 6.02. The number of amides is 1. The van der Waals surface area contributed by atoms with Gasteiger partial charge in [-0.3, -0.25) is 4.79 Å². The number of rotatable bonds is 2. The Morgan fingerprint density at radius 3 is 2.46 bits per heavy atom. The Labute approximate surface area is 80.3 Å². The van der Waals surface area contributed by atoms with Gasteiger partial charge in [0.1, 0.15) is 0 Å². The average molecular weight is 184 g/mol. The summed E-state index contributed by atoms with van der Waals surface area (Å²) in [6.45, 7) is 6.99. The molecule has 1 rings (SSSR count). The Morgan fingerprint density at radius 2 is 2.08 bits per heavy atom. The van der Waals surface area contributed by atoms with E-state index < -0.39 is 0 Å². The molecule has 1 aliphatic heterocycles. The van der Waals surface area contributed by atoms with Crippen LogP contribution in [0.5, 0.6) is 0 Å². The first-order valence-electron chi connectivity index (χ1n) is 5.07. The second-order valence-electron chi connectivity index (χ2n) is 4.29. The van der Waals surface area contributed by atoms with Crippen molar-refractivity contribution in [1.29, 1.82) is 0 Å². The van der Waals surface area contributed by atoms with E-state index in [2.05, 4.69) is 13.8 Å². The first-order valence-corrected chi connectivity index (χ1v) is 5.07. The fourth-order valence-corrected chi connectivity index (χ4v) is 1.87. The summed E-state index contributed by atoms with van der Waals surface area (Å²) < 4.78 is 0. The van der Waals surface area contributed by atoms with Crippen LogP contribution >= 0.6 is 0 Å². The fourth-order valence-electron chi connectivity index (χ4n) is 1.87. The first kappa shape index (κ1) is 10.5. The van der Waals surface area contributed by atoms with Crippen LogP contribution in [0.3, 0.4) is 0 Å². The van der Waals surface area contributed by atoms with Crippen LogP contribution in [-0.4, -0.2) is 29.4 Å². The standard InChI is InChI=1S/C10H20N2O/c1-7(2)12-5-4-9(8(3)11)6-10(12)13/h7-9H,4-6,11H2,1-3H3. The van der Waals surface area contributed by atoms with Gasteiger partial charge in [0.2, 0.25) is 5.91 Å². The number of carbonyl (C=O) groups excluding carboxylic acids is 1. The van der Waals surface area contributed by atoms with Crippen molar-refractivity contribution < 1.29 is 4.79 Å². The SMILES string of the molecule is CC(N)C1CCN(C(C)C)C(=O)C1. The van der Waals surface area contributed by atoms with Gasteiger partial charge in [0, 0.05) is 25.0 Å². The molecule has 0 radical (unpaired) electrons. The second kappa shape index (κ2) is 4.09. The van der Waals surface area contributed by atoms with Gasteiger partial charge in [0.25, 0.3) is 0 Å². The van der Waals surface area contributed by atoms with E-state index in [0.717, 1.165) is 13.0 Å². The third-order valence-corrected chi connectivity index (χ3v) is 2.86. The zero-order chi connectivity index (χ0) is 10.0.